The van der Waals surface area contributed by atoms with Crippen LogP contribution in [-0.2, 0) is 9.53 Å². The minimum atomic E-state index is 0.00414. The van der Waals surface area contributed by atoms with E-state index in [0.29, 0.717) is 25.3 Å². The van der Waals surface area contributed by atoms with E-state index in [9.17, 15) is 4.79 Å². The topological polar surface area (TPSA) is 64.3 Å². The van der Waals surface area contributed by atoms with Gasteiger partial charge in [-0.2, -0.15) is 0 Å². The summed E-state index contributed by atoms with van der Waals surface area (Å²) in [6.07, 6.45) is 1.22. The molecule has 4 nitrogen and oxygen atoms in total. The second kappa shape index (κ2) is 6.85. The van der Waals surface area contributed by atoms with Crippen molar-refractivity contribution in [3.05, 3.63) is 24.3 Å². The zero-order chi connectivity index (χ0) is 11.8. The molecule has 16 heavy (non-hydrogen) atoms. The van der Waals surface area contributed by atoms with Crippen LogP contribution >= 0.6 is 0 Å². The molecular weight excluding hydrogens is 204 g/mol. The van der Waals surface area contributed by atoms with Gasteiger partial charge < -0.3 is 15.8 Å². The number of anilines is 2. The molecule has 0 saturated carbocycles. The van der Waals surface area contributed by atoms with Gasteiger partial charge in [0.25, 0.3) is 0 Å². The summed E-state index contributed by atoms with van der Waals surface area (Å²) in [4.78, 5) is 11.5. The van der Waals surface area contributed by atoms with Crippen molar-refractivity contribution in [1.82, 2.24) is 0 Å². The Morgan fingerprint density at radius 2 is 2.06 bits per heavy atom. The number of hydrogen-bond donors (Lipinski definition) is 2. The van der Waals surface area contributed by atoms with E-state index < -0.39 is 0 Å². The second-order valence-corrected chi connectivity index (χ2v) is 3.47. The summed E-state index contributed by atoms with van der Waals surface area (Å²) in [5, 5.41) is 2.80. The van der Waals surface area contributed by atoms with E-state index in [0.717, 1.165) is 12.1 Å². The van der Waals surface area contributed by atoms with Crippen LogP contribution in [0.1, 0.15) is 19.8 Å². The largest absolute Gasteiger partial charge is 0.399 e. The van der Waals surface area contributed by atoms with E-state index in [1.165, 1.54) is 0 Å². The van der Waals surface area contributed by atoms with Crippen LogP contribution in [0.5, 0.6) is 0 Å². The summed E-state index contributed by atoms with van der Waals surface area (Å²) in [6.45, 7) is 3.26. The minimum absolute atomic E-state index is 0.00414. The Morgan fingerprint density at radius 3 is 2.69 bits per heavy atom. The molecule has 0 spiro atoms. The first-order valence-electron chi connectivity index (χ1n) is 5.45. The third kappa shape index (κ3) is 4.79. The van der Waals surface area contributed by atoms with Crippen LogP contribution in [0, 0.1) is 0 Å². The highest BCUT2D eigenvalue weighted by molar-refractivity contribution is 5.90. The molecule has 0 bridgehead atoms. The van der Waals surface area contributed by atoms with Gasteiger partial charge in [0.15, 0.2) is 0 Å². The molecule has 0 aliphatic heterocycles. The fraction of sp³-hybridized carbons (Fsp3) is 0.417. The van der Waals surface area contributed by atoms with Crippen molar-refractivity contribution in [1.29, 1.82) is 0 Å². The lowest BCUT2D eigenvalue weighted by Crippen LogP contribution is -2.12. The van der Waals surface area contributed by atoms with E-state index in [2.05, 4.69) is 5.32 Å². The van der Waals surface area contributed by atoms with E-state index in [-0.39, 0.29) is 5.91 Å². The fourth-order valence-corrected chi connectivity index (χ4v) is 1.27. The van der Waals surface area contributed by atoms with Crippen molar-refractivity contribution in [3.8, 4) is 0 Å². The zero-order valence-corrected chi connectivity index (χ0v) is 9.53. The average molecular weight is 222 g/mol. The third-order valence-electron chi connectivity index (χ3n) is 2.09. The Labute approximate surface area is 95.8 Å². The number of amides is 1. The van der Waals surface area contributed by atoms with Gasteiger partial charge in [-0.1, -0.05) is 0 Å². The van der Waals surface area contributed by atoms with Crippen molar-refractivity contribution in [2.45, 2.75) is 19.8 Å². The van der Waals surface area contributed by atoms with Gasteiger partial charge in [0.1, 0.15) is 0 Å². The predicted octanol–water partition coefficient (Wildman–Crippen LogP) is 2.02. The van der Waals surface area contributed by atoms with E-state index in [1.54, 1.807) is 24.3 Å². The maximum atomic E-state index is 11.5. The van der Waals surface area contributed by atoms with Gasteiger partial charge in [-0.3, -0.25) is 4.79 Å². The molecule has 0 unspecified atom stereocenters. The van der Waals surface area contributed by atoms with Crippen molar-refractivity contribution in [2.75, 3.05) is 24.3 Å². The van der Waals surface area contributed by atoms with E-state index in [4.69, 9.17) is 10.5 Å². The van der Waals surface area contributed by atoms with Gasteiger partial charge in [-0.15, -0.1) is 0 Å². The Hall–Kier alpha value is -1.55. The van der Waals surface area contributed by atoms with Gasteiger partial charge in [0, 0.05) is 31.0 Å². The maximum absolute atomic E-state index is 11.5. The molecule has 0 atom stereocenters. The first-order chi connectivity index (χ1) is 7.72. The van der Waals surface area contributed by atoms with Crippen LogP contribution in [0.2, 0.25) is 0 Å². The molecule has 4 heteroatoms. The molecule has 0 heterocycles. The van der Waals surface area contributed by atoms with Crippen LogP contribution in [0.25, 0.3) is 0 Å². The van der Waals surface area contributed by atoms with Crippen LogP contribution in [0.4, 0.5) is 11.4 Å². The van der Waals surface area contributed by atoms with Gasteiger partial charge in [0.05, 0.1) is 0 Å². The Morgan fingerprint density at radius 1 is 1.38 bits per heavy atom. The van der Waals surface area contributed by atoms with Gasteiger partial charge >= 0.3 is 0 Å². The SMILES string of the molecule is CCOCCCC(=O)Nc1ccc(N)cc1. The molecule has 0 fully saturated rings. The molecule has 88 valence electrons. The predicted molar refractivity (Wildman–Crippen MR) is 65.2 cm³/mol. The number of carbonyl (C=O) groups is 1. The van der Waals surface area contributed by atoms with E-state index in [1.807, 2.05) is 6.92 Å². The number of rotatable bonds is 6. The summed E-state index contributed by atoms with van der Waals surface area (Å²) in [6, 6.07) is 7.09. The van der Waals surface area contributed by atoms with Crippen molar-refractivity contribution in [2.24, 2.45) is 0 Å². The summed E-state index contributed by atoms with van der Waals surface area (Å²) in [5.41, 5.74) is 7.00. The van der Waals surface area contributed by atoms with E-state index >= 15 is 0 Å². The van der Waals surface area contributed by atoms with Crippen molar-refractivity contribution >= 4 is 17.3 Å². The first kappa shape index (κ1) is 12.5. The molecule has 0 aromatic heterocycles. The van der Waals surface area contributed by atoms with Crippen molar-refractivity contribution in [3.63, 3.8) is 0 Å². The fourth-order valence-electron chi connectivity index (χ4n) is 1.27. The number of hydrogen-bond acceptors (Lipinski definition) is 3. The number of nitrogen functional groups attached to an aromatic ring is 1. The van der Waals surface area contributed by atoms with Gasteiger partial charge in [0.2, 0.25) is 5.91 Å². The number of ether oxygens (including phenoxy) is 1. The number of nitrogens with two attached hydrogens (primary N) is 1. The summed E-state index contributed by atoms with van der Waals surface area (Å²) in [5.74, 6) is 0.00414. The number of benzene rings is 1. The van der Waals surface area contributed by atoms with Gasteiger partial charge in [-0.05, 0) is 37.6 Å². The first-order valence-corrected chi connectivity index (χ1v) is 5.45. The van der Waals surface area contributed by atoms with Crippen LogP contribution in [0.3, 0.4) is 0 Å². The van der Waals surface area contributed by atoms with Crippen molar-refractivity contribution < 1.29 is 9.53 Å². The van der Waals surface area contributed by atoms with Crippen LogP contribution in [0.15, 0.2) is 24.3 Å². The maximum Gasteiger partial charge on any atom is 0.224 e. The monoisotopic (exact) mass is 222 g/mol. The quantitative estimate of drug-likeness (QED) is 0.571. The molecule has 0 aliphatic rings. The number of nitrogens with one attached hydrogen (secondary N) is 1. The molecule has 1 rings (SSSR count). The lowest BCUT2D eigenvalue weighted by atomic mass is 10.2. The summed E-state index contributed by atoms with van der Waals surface area (Å²) >= 11 is 0. The standard InChI is InChI=1S/C12H18N2O2/c1-2-16-9-3-4-12(15)14-11-7-5-10(13)6-8-11/h5-8H,2-4,9,13H2,1H3,(H,14,15). The summed E-state index contributed by atoms with van der Waals surface area (Å²) in [7, 11) is 0. The molecular formula is C12H18N2O2. The molecule has 0 aliphatic carbocycles. The van der Waals surface area contributed by atoms with Gasteiger partial charge in [-0.25, -0.2) is 0 Å². The Kier molecular flexibility index (Phi) is 5.36. The highest BCUT2D eigenvalue weighted by Crippen LogP contribution is 2.10. The summed E-state index contributed by atoms with van der Waals surface area (Å²) < 4.78 is 5.15. The van der Waals surface area contributed by atoms with Crippen LogP contribution in [-0.4, -0.2) is 19.1 Å². The molecule has 0 saturated heterocycles. The minimum Gasteiger partial charge on any atom is -0.399 e. The molecule has 0 radical (unpaired) electrons. The molecule has 3 N–H and O–H groups in total. The molecule has 1 amide bonds. The average Bonchev–Trinajstić information content (AvgIpc) is 2.28. The molecule has 1 aromatic carbocycles. The Balaban J connectivity index is 2.26. The smallest absolute Gasteiger partial charge is 0.224 e. The Bertz CT molecular complexity index is 322. The molecule has 1 aromatic rings. The third-order valence-corrected chi connectivity index (χ3v) is 2.09. The normalized spacial score (nSPS) is 10.1. The van der Waals surface area contributed by atoms with Crippen LogP contribution < -0.4 is 11.1 Å². The second-order valence-electron chi connectivity index (χ2n) is 3.47. The lowest BCUT2D eigenvalue weighted by molar-refractivity contribution is -0.116. The zero-order valence-electron chi connectivity index (χ0n) is 9.53. The highest BCUT2D eigenvalue weighted by Gasteiger charge is 2.01. The highest BCUT2D eigenvalue weighted by atomic mass is 16.5. The lowest BCUT2D eigenvalue weighted by Gasteiger charge is -2.05. The number of carbonyl (C=O) groups excluding carboxylic acids is 1.